The number of carbonyl (C=O) groups excluding carboxylic acids is 1. The van der Waals surface area contributed by atoms with Gasteiger partial charge in [-0.15, -0.1) is 11.3 Å². The van der Waals surface area contributed by atoms with Crippen LogP contribution >= 0.6 is 22.9 Å². The minimum absolute atomic E-state index is 0.0766. The molecular formula is C12H15ClN4OS. The van der Waals surface area contributed by atoms with Crippen molar-refractivity contribution in [3.63, 3.8) is 0 Å². The third-order valence-corrected chi connectivity index (χ3v) is 3.80. The number of hydrogen-bond acceptors (Lipinski definition) is 4. The first kappa shape index (κ1) is 13.9. The molecule has 1 atom stereocenters. The summed E-state index contributed by atoms with van der Waals surface area (Å²) >= 11 is 7.43. The topological polar surface area (TPSA) is 59.0 Å². The highest BCUT2D eigenvalue weighted by atomic mass is 35.5. The zero-order valence-electron chi connectivity index (χ0n) is 10.7. The second-order valence-electron chi connectivity index (χ2n) is 4.15. The van der Waals surface area contributed by atoms with Crippen LogP contribution in [0.25, 0.3) is 0 Å². The van der Waals surface area contributed by atoms with Crippen LogP contribution in [0, 0.1) is 0 Å². The number of amides is 1. The molecule has 2 heterocycles. The fourth-order valence-corrected chi connectivity index (χ4v) is 2.62. The van der Waals surface area contributed by atoms with Crippen LogP contribution < -0.4 is 10.6 Å². The normalized spacial score (nSPS) is 12.2. The van der Waals surface area contributed by atoms with Gasteiger partial charge in [0.15, 0.2) is 0 Å². The molecule has 0 radical (unpaired) electrons. The second-order valence-corrected chi connectivity index (χ2v) is 5.69. The molecule has 2 rings (SSSR count). The fourth-order valence-electron chi connectivity index (χ4n) is 1.63. The van der Waals surface area contributed by atoms with Gasteiger partial charge in [0, 0.05) is 19.3 Å². The number of carbonyl (C=O) groups is 1. The standard InChI is InChI=1S/C12H15ClN4OS/c1-8(9-3-11(13)19-7-9)16-10-4-15-17(5-10)6-12(18)14-2/h3-5,7-8,16H,6H2,1-2H3,(H,14,18). The molecule has 0 aliphatic heterocycles. The van der Waals surface area contributed by atoms with Gasteiger partial charge in [-0.3, -0.25) is 9.48 Å². The zero-order valence-corrected chi connectivity index (χ0v) is 12.3. The van der Waals surface area contributed by atoms with Crippen molar-refractivity contribution in [3.8, 4) is 0 Å². The second kappa shape index (κ2) is 6.08. The molecule has 5 nitrogen and oxygen atoms in total. The monoisotopic (exact) mass is 298 g/mol. The molecule has 0 spiro atoms. The van der Waals surface area contributed by atoms with Crippen molar-refractivity contribution in [1.29, 1.82) is 0 Å². The molecule has 1 amide bonds. The molecule has 0 saturated heterocycles. The van der Waals surface area contributed by atoms with E-state index in [1.54, 1.807) is 24.1 Å². The van der Waals surface area contributed by atoms with Gasteiger partial charge in [0.1, 0.15) is 6.54 Å². The SMILES string of the molecule is CNC(=O)Cn1cc(NC(C)c2csc(Cl)c2)cn1. The number of hydrogen-bond donors (Lipinski definition) is 2. The van der Waals surface area contributed by atoms with Crippen LogP contribution in [-0.2, 0) is 11.3 Å². The Morgan fingerprint density at radius 3 is 3.05 bits per heavy atom. The summed E-state index contributed by atoms with van der Waals surface area (Å²) in [6, 6.07) is 2.08. The zero-order chi connectivity index (χ0) is 13.8. The number of anilines is 1. The molecule has 0 fully saturated rings. The Labute approximate surface area is 120 Å². The van der Waals surface area contributed by atoms with E-state index in [-0.39, 0.29) is 18.5 Å². The van der Waals surface area contributed by atoms with E-state index in [0.717, 1.165) is 15.6 Å². The van der Waals surface area contributed by atoms with E-state index >= 15 is 0 Å². The molecule has 2 N–H and O–H groups in total. The van der Waals surface area contributed by atoms with Crippen molar-refractivity contribution >= 4 is 34.5 Å². The van der Waals surface area contributed by atoms with Gasteiger partial charge in [-0.25, -0.2) is 0 Å². The smallest absolute Gasteiger partial charge is 0.241 e. The van der Waals surface area contributed by atoms with Crippen LogP contribution in [0.2, 0.25) is 4.34 Å². The Morgan fingerprint density at radius 1 is 1.63 bits per heavy atom. The first-order valence-corrected chi connectivity index (χ1v) is 7.07. The minimum Gasteiger partial charge on any atom is -0.376 e. The lowest BCUT2D eigenvalue weighted by Gasteiger charge is -2.11. The molecular weight excluding hydrogens is 284 g/mol. The number of thiophene rings is 1. The summed E-state index contributed by atoms with van der Waals surface area (Å²) in [5.74, 6) is -0.0766. The van der Waals surface area contributed by atoms with Gasteiger partial charge >= 0.3 is 0 Å². The molecule has 0 aromatic carbocycles. The number of halogens is 1. The molecule has 0 aliphatic rings. The lowest BCUT2D eigenvalue weighted by Crippen LogP contribution is -2.23. The molecule has 102 valence electrons. The van der Waals surface area contributed by atoms with Crippen molar-refractivity contribution in [2.75, 3.05) is 12.4 Å². The van der Waals surface area contributed by atoms with E-state index in [9.17, 15) is 4.79 Å². The van der Waals surface area contributed by atoms with Gasteiger partial charge in [-0.2, -0.15) is 5.10 Å². The summed E-state index contributed by atoms with van der Waals surface area (Å²) in [6.45, 7) is 2.27. The van der Waals surface area contributed by atoms with E-state index in [0.29, 0.717) is 0 Å². The van der Waals surface area contributed by atoms with E-state index in [2.05, 4.69) is 22.7 Å². The third-order valence-electron chi connectivity index (χ3n) is 2.69. The maximum absolute atomic E-state index is 11.2. The quantitative estimate of drug-likeness (QED) is 0.892. The average Bonchev–Trinajstić information content (AvgIpc) is 2.98. The van der Waals surface area contributed by atoms with E-state index in [1.807, 2.05) is 11.4 Å². The Balaban J connectivity index is 1.98. The van der Waals surface area contributed by atoms with Gasteiger partial charge in [-0.05, 0) is 23.9 Å². The van der Waals surface area contributed by atoms with Crippen molar-refractivity contribution in [3.05, 3.63) is 33.7 Å². The number of nitrogens with one attached hydrogen (secondary N) is 2. The summed E-state index contributed by atoms with van der Waals surface area (Å²) < 4.78 is 2.37. The van der Waals surface area contributed by atoms with Crippen LogP contribution in [-0.4, -0.2) is 22.7 Å². The maximum Gasteiger partial charge on any atom is 0.241 e. The summed E-state index contributed by atoms with van der Waals surface area (Å²) in [4.78, 5) is 11.2. The Morgan fingerprint density at radius 2 is 2.42 bits per heavy atom. The summed E-state index contributed by atoms with van der Waals surface area (Å²) in [5, 5.41) is 12.0. The number of likely N-dealkylation sites (N-methyl/N-ethyl adjacent to an activating group) is 1. The van der Waals surface area contributed by atoms with Crippen LogP contribution in [0.5, 0.6) is 0 Å². The fraction of sp³-hybridized carbons (Fsp3) is 0.333. The first-order chi connectivity index (χ1) is 9.08. The minimum atomic E-state index is -0.0766. The molecule has 1 unspecified atom stereocenters. The third kappa shape index (κ3) is 3.71. The molecule has 2 aromatic rings. The van der Waals surface area contributed by atoms with Crippen molar-refractivity contribution in [2.24, 2.45) is 0 Å². The molecule has 0 aliphatic carbocycles. The van der Waals surface area contributed by atoms with Crippen molar-refractivity contribution < 1.29 is 4.79 Å². The van der Waals surface area contributed by atoms with Crippen LogP contribution in [0.4, 0.5) is 5.69 Å². The highest BCUT2D eigenvalue weighted by molar-refractivity contribution is 7.14. The van der Waals surface area contributed by atoms with Crippen LogP contribution in [0.3, 0.4) is 0 Å². The van der Waals surface area contributed by atoms with Gasteiger partial charge in [0.05, 0.1) is 16.2 Å². The van der Waals surface area contributed by atoms with Gasteiger partial charge in [0.25, 0.3) is 0 Å². The lowest BCUT2D eigenvalue weighted by molar-refractivity contribution is -0.121. The highest BCUT2D eigenvalue weighted by Crippen LogP contribution is 2.26. The van der Waals surface area contributed by atoms with E-state index in [4.69, 9.17) is 11.6 Å². The molecule has 7 heteroatoms. The predicted octanol–water partition coefficient (Wildman–Crippen LogP) is 2.52. The number of nitrogens with zero attached hydrogens (tertiary/aromatic N) is 2. The Hall–Kier alpha value is -1.53. The summed E-state index contributed by atoms with van der Waals surface area (Å²) in [5.41, 5.74) is 2.01. The van der Waals surface area contributed by atoms with Crippen LogP contribution in [0.15, 0.2) is 23.8 Å². The number of aromatic nitrogens is 2. The summed E-state index contributed by atoms with van der Waals surface area (Å²) in [7, 11) is 1.60. The largest absolute Gasteiger partial charge is 0.376 e. The van der Waals surface area contributed by atoms with Gasteiger partial charge < -0.3 is 10.6 Å². The molecule has 0 saturated carbocycles. The van der Waals surface area contributed by atoms with E-state index < -0.39 is 0 Å². The van der Waals surface area contributed by atoms with Gasteiger partial charge in [0.2, 0.25) is 5.91 Å². The molecule has 19 heavy (non-hydrogen) atoms. The van der Waals surface area contributed by atoms with Crippen LogP contribution in [0.1, 0.15) is 18.5 Å². The highest BCUT2D eigenvalue weighted by Gasteiger charge is 2.09. The predicted molar refractivity (Wildman–Crippen MR) is 77.7 cm³/mol. The first-order valence-electron chi connectivity index (χ1n) is 5.82. The van der Waals surface area contributed by atoms with Gasteiger partial charge in [-0.1, -0.05) is 11.6 Å². The Bertz CT molecular complexity index is 566. The Kier molecular flexibility index (Phi) is 4.44. The molecule has 0 bridgehead atoms. The average molecular weight is 299 g/mol. The maximum atomic E-state index is 11.2. The summed E-state index contributed by atoms with van der Waals surface area (Å²) in [6.07, 6.45) is 3.51. The van der Waals surface area contributed by atoms with E-state index in [1.165, 1.54) is 11.3 Å². The number of rotatable bonds is 5. The molecule has 2 aromatic heterocycles. The van der Waals surface area contributed by atoms with Crippen molar-refractivity contribution in [2.45, 2.75) is 19.5 Å². The lowest BCUT2D eigenvalue weighted by atomic mass is 10.2. The van der Waals surface area contributed by atoms with Crippen molar-refractivity contribution in [1.82, 2.24) is 15.1 Å².